The number of hydrogen-bond donors (Lipinski definition) is 0. The quantitative estimate of drug-likeness (QED) is 0.547. The molecule has 0 aliphatic carbocycles. The molecule has 4 heterocycles. The molecule has 0 saturated heterocycles. The number of aromatic nitrogens is 7. The summed E-state index contributed by atoms with van der Waals surface area (Å²) in [6.07, 6.45) is 5.31. The molecule has 0 aliphatic heterocycles. The third kappa shape index (κ3) is 3.05. The molecule has 27 heavy (non-hydrogen) atoms. The fourth-order valence-electron chi connectivity index (χ4n) is 2.98. The van der Waals surface area contributed by atoms with Gasteiger partial charge in [0.2, 0.25) is 11.7 Å². The van der Waals surface area contributed by atoms with Gasteiger partial charge in [0.15, 0.2) is 5.69 Å². The highest BCUT2D eigenvalue weighted by Crippen LogP contribution is 2.35. The molecule has 9 nitrogen and oxygen atoms in total. The standard InChI is InChI=1S/C18H21N7O2/c1-11-8-12(23-27-11)16-21-20-9-13-15(18(2,3)4)17(22-25(13)16)26-10-14-19-6-7-24(14)5/h6-9H,10H2,1-5H3. The fraction of sp³-hybridized carbons (Fsp3) is 0.389. The van der Waals surface area contributed by atoms with Crippen molar-refractivity contribution in [2.24, 2.45) is 7.05 Å². The van der Waals surface area contributed by atoms with Crippen LogP contribution in [0.1, 0.15) is 37.9 Å². The van der Waals surface area contributed by atoms with Gasteiger partial charge in [0.25, 0.3) is 0 Å². The first-order valence-electron chi connectivity index (χ1n) is 8.62. The predicted octanol–water partition coefficient (Wildman–Crippen LogP) is 2.70. The van der Waals surface area contributed by atoms with Crippen LogP contribution in [0.2, 0.25) is 0 Å². The first-order valence-corrected chi connectivity index (χ1v) is 8.62. The van der Waals surface area contributed by atoms with Crippen molar-refractivity contribution in [2.75, 3.05) is 0 Å². The molecule has 140 valence electrons. The Morgan fingerprint density at radius 1 is 1.26 bits per heavy atom. The van der Waals surface area contributed by atoms with Gasteiger partial charge in [0, 0.05) is 31.1 Å². The highest BCUT2D eigenvalue weighted by molar-refractivity contribution is 5.64. The van der Waals surface area contributed by atoms with E-state index in [9.17, 15) is 0 Å². The lowest BCUT2D eigenvalue weighted by Crippen LogP contribution is -2.13. The van der Waals surface area contributed by atoms with Crippen molar-refractivity contribution in [1.29, 1.82) is 0 Å². The zero-order valence-electron chi connectivity index (χ0n) is 16.0. The van der Waals surface area contributed by atoms with E-state index < -0.39 is 0 Å². The Morgan fingerprint density at radius 3 is 2.70 bits per heavy atom. The monoisotopic (exact) mass is 367 g/mol. The SMILES string of the molecule is Cc1cc(-c2nncc3c(C(C)(C)C)c(OCc4nccn4C)nn23)no1. The molecule has 0 unspecified atom stereocenters. The molecule has 9 heteroatoms. The van der Waals surface area contributed by atoms with E-state index in [1.807, 2.05) is 24.7 Å². The summed E-state index contributed by atoms with van der Waals surface area (Å²) in [6.45, 7) is 8.47. The van der Waals surface area contributed by atoms with E-state index in [0.29, 0.717) is 29.8 Å². The van der Waals surface area contributed by atoms with Gasteiger partial charge in [-0.2, -0.15) is 5.10 Å². The van der Waals surface area contributed by atoms with E-state index in [-0.39, 0.29) is 5.41 Å². The highest BCUT2D eigenvalue weighted by Gasteiger charge is 2.28. The Balaban J connectivity index is 1.84. The number of nitrogens with zero attached hydrogens (tertiary/aromatic N) is 7. The average Bonchev–Trinajstić information content (AvgIpc) is 3.29. The topological polar surface area (TPSA) is 96.2 Å². The van der Waals surface area contributed by atoms with Crippen molar-refractivity contribution in [2.45, 2.75) is 39.7 Å². The lowest BCUT2D eigenvalue weighted by Gasteiger charge is -2.18. The third-order valence-corrected chi connectivity index (χ3v) is 4.29. The minimum atomic E-state index is -0.210. The number of imidazole rings is 1. The van der Waals surface area contributed by atoms with Crippen LogP contribution in [0.5, 0.6) is 5.88 Å². The Kier molecular flexibility index (Phi) is 3.94. The average molecular weight is 367 g/mol. The highest BCUT2D eigenvalue weighted by atomic mass is 16.5. The molecule has 4 rings (SSSR count). The molecule has 0 fully saturated rings. The lowest BCUT2D eigenvalue weighted by molar-refractivity contribution is 0.272. The zero-order valence-corrected chi connectivity index (χ0v) is 16.0. The Labute approximate surface area is 156 Å². The zero-order chi connectivity index (χ0) is 19.2. The molecule has 0 saturated carbocycles. The summed E-state index contributed by atoms with van der Waals surface area (Å²) in [5, 5.41) is 17.1. The first-order chi connectivity index (χ1) is 12.8. The second-order valence-electron chi connectivity index (χ2n) is 7.46. The molecule has 0 atom stereocenters. The molecule has 4 aromatic rings. The van der Waals surface area contributed by atoms with E-state index in [1.165, 1.54) is 0 Å². The fourth-order valence-corrected chi connectivity index (χ4v) is 2.98. The summed E-state index contributed by atoms with van der Waals surface area (Å²) < 4.78 is 14.9. The first kappa shape index (κ1) is 17.2. The molecule has 4 aromatic heterocycles. The molecule has 0 N–H and O–H groups in total. The maximum Gasteiger partial charge on any atom is 0.238 e. The molecule has 0 aromatic carbocycles. The number of aryl methyl sites for hydroxylation is 2. The molecule has 0 radical (unpaired) electrons. The maximum absolute atomic E-state index is 6.06. The molecular formula is C18H21N7O2. The van der Waals surface area contributed by atoms with Crippen LogP contribution in [0.3, 0.4) is 0 Å². The predicted molar refractivity (Wildman–Crippen MR) is 97.3 cm³/mol. The van der Waals surface area contributed by atoms with E-state index in [1.54, 1.807) is 23.0 Å². The van der Waals surface area contributed by atoms with E-state index in [4.69, 9.17) is 9.26 Å². The summed E-state index contributed by atoms with van der Waals surface area (Å²) in [4.78, 5) is 4.30. The summed E-state index contributed by atoms with van der Waals surface area (Å²) in [5.74, 6) is 2.54. The van der Waals surface area contributed by atoms with Gasteiger partial charge in [0.1, 0.15) is 18.2 Å². The van der Waals surface area contributed by atoms with Crippen molar-refractivity contribution < 1.29 is 9.26 Å². The van der Waals surface area contributed by atoms with Gasteiger partial charge in [-0.05, 0) is 12.3 Å². The third-order valence-electron chi connectivity index (χ3n) is 4.29. The smallest absolute Gasteiger partial charge is 0.238 e. The van der Waals surface area contributed by atoms with Gasteiger partial charge in [-0.3, -0.25) is 0 Å². The molecule has 0 aliphatic rings. The van der Waals surface area contributed by atoms with Gasteiger partial charge in [-0.25, -0.2) is 9.50 Å². The Hall–Kier alpha value is -3.23. The molecule has 0 spiro atoms. The lowest BCUT2D eigenvalue weighted by atomic mass is 9.88. The normalized spacial score (nSPS) is 12.0. The summed E-state index contributed by atoms with van der Waals surface area (Å²) >= 11 is 0. The van der Waals surface area contributed by atoms with Crippen LogP contribution in [0.4, 0.5) is 0 Å². The maximum atomic E-state index is 6.06. The molecular weight excluding hydrogens is 346 g/mol. The van der Waals surface area contributed by atoms with Crippen molar-refractivity contribution >= 4 is 5.52 Å². The van der Waals surface area contributed by atoms with Gasteiger partial charge in [-0.15, -0.1) is 10.2 Å². The summed E-state index contributed by atoms with van der Waals surface area (Å²) in [6, 6.07) is 1.80. The summed E-state index contributed by atoms with van der Waals surface area (Å²) in [5.41, 5.74) is 2.14. The second-order valence-corrected chi connectivity index (χ2v) is 7.46. The van der Waals surface area contributed by atoms with Gasteiger partial charge < -0.3 is 13.8 Å². The number of ether oxygens (including phenoxy) is 1. The largest absolute Gasteiger partial charge is 0.468 e. The van der Waals surface area contributed by atoms with Crippen molar-refractivity contribution in [3.8, 4) is 17.4 Å². The van der Waals surface area contributed by atoms with Crippen molar-refractivity contribution in [3.05, 3.63) is 41.8 Å². The number of fused-ring (bicyclic) bond motifs is 1. The van der Waals surface area contributed by atoms with Crippen LogP contribution in [-0.4, -0.2) is 34.5 Å². The Morgan fingerprint density at radius 2 is 2.07 bits per heavy atom. The van der Waals surface area contributed by atoms with E-state index >= 15 is 0 Å². The van der Waals surface area contributed by atoms with Crippen molar-refractivity contribution in [1.82, 2.24) is 34.5 Å². The van der Waals surface area contributed by atoms with Gasteiger partial charge >= 0.3 is 0 Å². The van der Waals surface area contributed by atoms with Crippen LogP contribution in [0.15, 0.2) is 29.2 Å². The molecule has 0 bridgehead atoms. The second kappa shape index (κ2) is 6.19. The van der Waals surface area contributed by atoms with Gasteiger partial charge in [0.05, 0.1) is 11.7 Å². The minimum Gasteiger partial charge on any atom is -0.468 e. The number of rotatable bonds is 4. The van der Waals surface area contributed by atoms with E-state index in [2.05, 4.69) is 46.2 Å². The Bertz CT molecular complexity index is 1100. The summed E-state index contributed by atoms with van der Waals surface area (Å²) in [7, 11) is 1.93. The van der Waals surface area contributed by atoms with Crippen LogP contribution in [0, 0.1) is 6.92 Å². The van der Waals surface area contributed by atoms with Crippen LogP contribution in [-0.2, 0) is 19.1 Å². The minimum absolute atomic E-state index is 0.210. The van der Waals surface area contributed by atoms with Gasteiger partial charge in [-0.1, -0.05) is 25.9 Å². The van der Waals surface area contributed by atoms with Crippen LogP contribution in [0.25, 0.3) is 17.0 Å². The number of hydrogen-bond acceptors (Lipinski definition) is 7. The molecule has 0 amide bonds. The van der Waals surface area contributed by atoms with E-state index in [0.717, 1.165) is 16.9 Å². The van der Waals surface area contributed by atoms with Crippen LogP contribution < -0.4 is 4.74 Å². The van der Waals surface area contributed by atoms with Crippen molar-refractivity contribution in [3.63, 3.8) is 0 Å². The van der Waals surface area contributed by atoms with Crippen LogP contribution >= 0.6 is 0 Å².